The molecule has 2 aliphatic heterocycles. The summed E-state index contributed by atoms with van der Waals surface area (Å²) in [6, 6.07) is 0.815. The third kappa shape index (κ3) is 10.3. The number of alkyl halides is 6. The molecule has 6 rings (SSSR count). The molecule has 2 saturated carbocycles. The van der Waals surface area contributed by atoms with E-state index in [1.54, 1.807) is 32.9 Å². The number of fused-ring (bicyclic) bond motifs is 3. The van der Waals surface area contributed by atoms with Crippen LogP contribution in [0.3, 0.4) is 0 Å². The zero-order chi connectivity index (χ0) is 47.4. The molecule has 3 N–H and O–H groups in total. The number of allylic oxidation sites excluding steroid dienone is 1. The summed E-state index contributed by atoms with van der Waals surface area (Å²) in [6.07, 6.45) is -8.45. The van der Waals surface area contributed by atoms with Gasteiger partial charge in [0.05, 0.1) is 28.4 Å². The minimum atomic E-state index is -5.10. The summed E-state index contributed by atoms with van der Waals surface area (Å²) >= 11 is 0. The summed E-state index contributed by atoms with van der Waals surface area (Å²) in [6.45, 7) is 9.16. The first-order valence-corrected chi connectivity index (χ1v) is 22.7. The van der Waals surface area contributed by atoms with Crippen LogP contribution < -0.4 is 24.8 Å². The third-order valence-corrected chi connectivity index (χ3v) is 14.6. The Hall–Kier alpha value is -4.89. The van der Waals surface area contributed by atoms with Crippen molar-refractivity contribution in [3.05, 3.63) is 36.0 Å². The van der Waals surface area contributed by atoms with Gasteiger partial charge in [0.15, 0.2) is 0 Å². The number of nitrogens with one attached hydrogen (secondary N) is 3. The maximum absolute atomic E-state index is 14.9. The third-order valence-electron chi connectivity index (χ3n) is 12.4. The lowest BCUT2D eigenvalue weighted by atomic mass is 9.85. The Morgan fingerprint density at radius 3 is 2.34 bits per heavy atom. The molecule has 0 spiro atoms. The van der Waals surface area contributed by atoms with Crippen molar-refractivity contribution in [2.24, 2.45) is 17.8 Å². The quantitative estimate of drug-likeness (QED) is 0.174. The van der Waals surface area contributed by atoms with Crippen molar-refractivity contribution in [2.45, 2.75) is 152 Å². The maximum atomic E-state index is 14.9. The molecule has 3 heterocycles. The first-order valence-electron chi connectivity index (χ1n) is 21.2. The molecule has 2 aliphatic carbocycles. The van der Waals surface area contributed by atoms with E-state index in [-0.39, 0.29) is 48.1 Å². The molecule has 7 atom stereocenters. The number of aromatic nitrogens is 2. The molecular formula is C42H54F6N6O9S. The number of alkyl carbamates (subject to hydrolysis) is 1. The molecule has 0 radical (unpaired) electrons. The van der Waals surface area contributed by atoms with E-state index in [1.807, 2.05) is 6.92 Å². The number of carbonyl (C=O) groups is 4. The molecule has 2 aromatic rings. The number of hydrogen-bond acceptors (Lipinski definition) is 11. The summed E-state index contributed by atoms with van der Waals surface area (Å²) in [5, 5.41) is 4.96. The Morgan fingerprint density at radius 1 is 1.05 bits per heavy atom. The Balaban J connectivity index is 1.41. The standard InChI is InChI=1S/C42H54F6N6O9S/c1-8-24-17-23(4)11-9-10-12-25-20-40(25,36(57)53-64(59,60)39(7)15-16-39)52-33(55)30-19-27(21-54(30)35(56)31(24)51-37(58)63-38(5,6)42(46,47)48)62-34-32(41(43,44)45)49-28-14-13-26(61-22(2)3)18-29(28)50-34/h10,12-14,18,22-25,27,30-31H,8-9,11,15-17,19-21H2,1-7H3,(H,51,58)(H,52,55)(H,53,57). The van der Waals surface area contributed by atoms with E-state index in [4.69, 9.17) is 14.2 Å². The van der Waals surface area contributed by atoms with Gasteiger partial charge in [-0.3, -0.25) is 19.1 Å². The van der Waals surface area contributed by atoms with Gasteiger partial charge in [0, 0.05) is 18.4 Å². The molecule has 22 heteroatoms. The number of nitrogens with zero attached hydrogens (tertiary/aromatic N) is 3. The van der Waals surface area contributed by atoms with Gasteiger partial charge < -0.3 is 29.7 Å². The zero-order valence-electron chi connectivity index (χ0n) is 36.5. The lowest BCUT2D eigenvalue weighted by molar-refractivity contribution is -0.244. The summed E-state index contributed by atoms with van der Waals surface area (Å²) in [5.74, 6) is -5.33. The summed E-state index contributed by atoms with van der Waals surface area (Å²) in [7, 11) is -4.19. The molecule has 4 amide bonds. The fourth-order valence-electron chi connectivity index (χ4n) is 8.05. The second kappa shape index (κ2) is 17.5. The normalized spacial score (nSPS) is 27.7. The molecule has 64 heavy (non-hydrogen) atoms. The Labute approximate surface area is 366 Å². The molecule has 15 nitrogen and oxygen atoms in total. The minimum Gasteiger partial charge on any atom is -0.491 e. The van der Waals surface area contributed by atoms with E-state index in [1.165, 1.54) is 25.1 Å². The van der Waals surface area contributed by atoms with Crippen LogP contribution in [0.15, 0.2) is 30.4 Å². The molecule has 1 aromatic heterocycles. The van der Waals surface area contributed by atoms with E-state index in [0.29, 0.717) is 39.5 Å². The highest BCUT2D eigenvalue weighted by Gasteiger charge is 2.63. The highest BCUT2D eigenvalue weighted by atomic mass is 32.2. The van der Waals surface area contributed by atoms with Gasteiger partial charge in [0.25, 0.3) is 5.91 Å². The molecular weight excluding hydrogens is 879 g/mol. The van der Waals surface area contributed by atoms with Gasteiger partial charge in [-0.15, -0.1) is 0 Å². The van der Waals surface area contributed by atoms with E-state index in [2.05, 4.69) is 25.3 Å². The second-order valence-corrected chi connectivity index (χ2v) is 20.6. The molecule has 7 unspecified atom stereocenters. The average Bonchev–Trinajstić information content (AvgIpc) is 4.06. The number of halogens is 6. The first-order chi connectivity index (χ1) is 29.6. The average molecular weight is 933 g/mol. The maximum Gasteiger partial charge on any atom is 0.438 e. The molecule has 0 bridgehead atoms. The Kier molecular flexibility index (Phi) is 13.3. The van der Waals surface area contributed by atoms with Crippen LogP contribution in [0.4, 0.5) is 31.1 Å². The number of benzene rings is 1. The molecule has 1 saturated heterocycles. The fraction of sp³-hybridized carbons (Fsp3) is 0.667. The van der Waals surface area contributed by atoms with Crippen molar-refractivity contribution in [2.75, 3.05) is 6.54 Å². The zero-order valence-corrected chi connectivity index (χ0v) is 37.3. The van der Waals surface area contributed by atoms with Gasteiger partial charge in [0.1, 0.15) is 29.5 Å². The molecule has 354 valence electrons. The Bertz CT molecular complexity index is 2290. The molecule has 1 aromatic carbocycles. The molecule has 4 aliphatic rings. The van der Waals surface area contributed by atoms with Crippen LogP contribution in [-0.2, 0) is 35.3 Å². The van der Waals surface area contributed by atoms with Crippen LogP contribution in [0.1, 0.15) is 106 Å². The van der Waals surface area contributed by atoms with E-state index < -0.39 is 117 Å². The van der Waals surface area contributed by atoms with Crippen molar-refractivity contribution in [1.29, 1.82) is 0 Å². The SMILES string of the molecule is CCC1CC(C)CCC=CC2CC2(C(=O)NS(=O)(=O)C2(C)CC2)NC(=O)C2CC(Oc3nc4cc(OC(C)C)ccc4nc3C(F)(F)F)CN2C(=O)C1NC(=O)OC(C)(C)C(F)(F)F. The topological polar surface area (TPSA) is 195 Å². The lowest BCUT2D eigenvalue weighted by Crippen LogP contribution is -2.60. The number of hydrogen-bond donors (Lipinski definition) is 3. The van der Waals surface area contributed by atoms with Gasteiger partial charge in [-0.2, -0.15) is 26.3 Å². The van der Waals surface area contributed by atoms with Gasteiger partial charge in [-0.25, -0.2) is 23.2 Å². The number of ether oxygens (including phenoxy) is 3. The van der Waals surface area contributed by atoms with Crippen LogP contribution in [0, 0.1) is 17.8 Å². The van der Waals surface area contributed by atoms with Crippen LogP contribution in [-0.4, -0.2) is 100 Å². The lowest BCUT2D eigenvalue weighted by Gasteiger charge is -2.35. The highest BCUT2D eigenvalue weighted by molar-refractivity contribution is 7.91. The summed E-state index contributed by atoms with van der Waals surface area (Å²) in [5.41, 5.74) is -6.50. The van der Waals surface area contributed by atoms with Gasteiger partial charge in [-0.1, -0.05) is 32.4 Å². The van der Waals surface area contributed by atoms with E-state index >= 15 is 0 Å². The van der Waals surface area contributed by atoms with Crippen LogP contribution in [0.25, 0.3) is 11.0 Å². The van der Waals surface area contributed by atoms with Gasteiger partial charge in [-0.05, 0) is 97.1 Å². The molecule has 3 fully saturated rings. The summed E-state index contributed by atoms with van der Waals surface area (Å²) in [4.78, 5) is 65.6. The van der Waals surface area contributed by atoms with E-state index in [9.17, 15) is 53.9 Å². The predicted octanol–water partition coefficient (Wildman–Crippen LogP) is 6.50. The predicted molar refractivity (Wildman–Crippen MR) is 218 cm³/mol. The number of sulfonamides is 1. The fourth-order valence-corrected chi connectivity index (χ4v) is 9.36. The van der Waals surface area contributed by atoms with Crippen molar-refractivity contribution in [3.63, 3.8) is 0 Å². The van der Waals surface area contributed by atoms with Gasteiger partial charge in [0.2, 0.25) is 39.0 Å². The highest BCUT2D eigenvalue weighted by Crippen LogP contribution is 2.48. The van der Waals surface area contributed by atoms with E-state index in [0.717, 1.165) is 4.90 Å². The second-order valence-electron chi connectivity index (χ2n) is 18.4. The van der Waals surface area contributed by atoms with Crippen molar-refractivity contribution in [1.82, 2.24) is 30.2 Å². The number of rotatable bonds is 10. The smallest absolute Gasteiger partial charge is 0.438 e. The van der Waals surface area contributed by atoms with Crippen molar-refractivity contribution in [3.8, 4) is 11.6 Å². The summed E-state index contributed by atoms with van der Waals surface area (Å²) < 4.78 is 129. The van der Waals surface area contributed by atoms with Crippen LogP contribution in [0.5, 0.6) is 11.6 Å². The van der Waals surface area contributed by atoms with Crippen molar-refractivity contribution >= 4 is 44.9 Å². The van der Waals surface area contributed by atoms with Crippen LogP contribution >= 0.6 is 0 Å². The van der Waals surface area contributed by atoms with Gasteiger partial charge >= 0.3 is 18.4 Å². The number of carbonyl (C=O) groups excluding carboxylic acids is 4. The number of amides is 4. The largest absolute Gasteiger partial charge is 0.491 e. The monoisotopic (exact) mass is 932 g/mol. The van der Waals surface area contributed by atoms with Crippen LogP contribution in [0.2, 0.25) is 0 Å². The Morgan fingerprint density at radius 2 is 1.73 bits per heavy atom. The van der Waals surface area contributed by atoms with Crippen molar-refractivity contribution < 1.29 is 68.1 Å². The minimum absolute atomic E-state index is 0.0312. The first kappa shape index (κ1) is 48.6.